The van der Waals surface area contributed by atoms with Crippen molar-refractivity contribution in [1.82, 2.24) is 4.90 Å². The van der Waals surface area contributed by atoms with Crippen molar-refractivity contribution >= 4 is 35.3 Å². The molecule has 0 bridgehead atoms. The first kappa shape index (κ1) is 16.3. The minimum absolute atomic E-state index is 0.0847. The van der Waals surface area contributed by atoms with E-state index >= 15 is 0 Å². The molecule has 2 aliphatic rings. The highest BCUT2D eigenvalue weighted by Crippen LogP contribution is 2.28. The van der Waals surface area contributed by atoms with E-state index < -0.39 is 5.92 Å². The second-order valence-electron chi connectivity index (χ2n) is 5.32. The van der Waals surface area contributed by atoms with Gasteiger partial charge in [0.2, 0.25) is 11.0 Å². The number of amides is 1. The third kappa shape index (κ3) is 3.07. The summed E-state index contributed by atoms with van der Waals surface area (Å²) in [5, 5.41) is 0.263. The zero-order valence-corrected chi connectivity index (χ0v) is 14.2. The molecule has 1 atom stereocenters. The molecule has 0 aliphatic carbocycles. The van der Waals surface area contributed by atoms with E-state index in [9.17, 15) is 4.79 Å². The molecule has 2 heterocycles. The van der Waals surface area contributed by atoms with Gasteiger partial charge in [-0.15, -0.1) is 0 Å². The minimum atomic E-state index is -0.438. The Labute approximate surface area is 145 Å². The van der Waals surface area contributed by atoms with Gasteiger partial charge in [0, 0.05) is 12.8 Å². The molecule has 124 valence electrons. The van der Waals surface area contributed by atoms with Crippen molar-refractivity contribution in [3.8, 4) is 11.5 Å². The zero-order valence-electron chi connectivity index (χ0n) is 13.4. The molecule has 0 fully saturated rings. The van der Waals surface area contributed by atoms with Crippen LogP contribution in [0.3, 0.4) is 0 Å². The van der Waals surface area contributed by atoms with E-state index in [1.54, 1.807) is 32.6 Å². The Kier molecular flexibility index (Phi) is 4.71. The summed E-state index contributed by atoms with van der Waals surface area (Å²) in [6, 6.07) is 5.69. The Bertz CT molecular complexity index is 770. The topological polar surface area (TPSA) is 63.5 Å². The van der Waals surface area contributed by atoms with Gasteiger partial charge in [0.1, 0.15) is 11.8 Å². The molecule has 1 unspecified atom stereocenters. The van der Waals surface area contributed by atoms with Crippen LogP contribution >= 0.6 is 12.2 Å². The fourth-order valence-corrected chi connectivity index (χ4v) is 2.92. The van der Waals surface area contributed by atoms with Gasteiger partial charge in [0.15, 0.2) is 11.5 Å². The third-order valence-electron chi connectivity index (χ3n) is 3.92. The monoisotopic (exact) mass is 343 g/mol. The van der Waals surface area contributed by atoms with Gasteiger partial charge >= 0.3 is 0 Å². The number of fused-ring (bicyclic) bond motifs is 1. The van der Waals surface area contributed by atoms with Crippen LogP contribution in [0.15, 0.2) is 40.3 Å². The normalized spacial score (nSPS) is 19.2. The molecular formula is C17H17N3O3S. The van der Waals surface area contributed by atoms with Crippen molar-refractivity contribution in [2.75, 3.05) is 20.8 Å². The van der Waals surface area contributed by atoms with Gasteiger partial charge in [-0.05, 0) is 42.4 Å². The van der Waals surface area contributed by atoms with E-state index in [0.717, 1.165) is 5.56 Å². The highest BCUT2D eigenvalue weighted by Gasteiger charge is 2.34. The van der Waals surface area contributed by atoms with Crippen molar-refractivity contribution < 1.29 is 14.3 Å². The number of rotatable bonds is 5. The van der Waals surface area contributed by atoms with E-state index in [1.165, 1.54) is 4.90 Å². The Morgan fingerprint density at radius 1 is 1.25 bits per heavy atom. The second kappa shape index (κ2) is 6.92. The summed E-state index contributed by atoms with van der Waals surface area (Å²) < 4.78 is 10.5. The molecular weight excluding hydrogens is 326 g/mol. The number of methoxy groups -OCH3 is 2. The van der Waals surface area contributed by atoms with E-state index in [0.29, 0.717) is 30.3 Å². The Balaban J connectivity index is 1.74. The number of carbonyl (C=O) groups is 1. The summed E-state index contributed by atoms with van der Waals surface area (Å²) in [6.07, 6.45) is 5.79. The maximum absolute atomic E-state index is 12.6. The van der Waals surface area contributed by atoms with Crippen LogP contribution in [0.4, 0.5) is 0 Å². The second-order valence-corrected chi connectivity index (χ2v) is 5.69. The number of thiocarbonyl (C=S) groups is 1. The summed E-state index contributed by atoms with van der Waals surface area (Å²) in [4.78, 5) is 22.5. The van der Waals surface area contributed by atoms with Gasteiger partial charge in [-0.2, -0.15) is 0 Å². The lowest BCUT2D eigenvalue weighted by Crippen LogP contribution is -2.46. The SMILES string of the molecule is COc1ccc(CCN2C(=O)C3C=CC=NC3=NC2=S)cc1OC. The van der Waals surface area contributed by atoms with Crippen LogP contribution in [-0.2, 0) is 11.2 Å². The molecule has 6 nitrogen and oxygen atoms in total. The van der Waals surface area contributed by atoms with Crippen LogP contribution < -0.4 is 9.47 Å². The highest BCUT2D eigenvalue weighted by atomic mass is 32.1. The summed E-state index contributed by atoms with van der Waals surface area (Å²) in [5.41, 5.74) is 1.02. The average molecular weight is 343 g/mol. The number of amidine groups is 1. The summed E-state index contributed by atoms with van der Waals surface area (Å²) >= 11 is 5.25. The van der Waals surface area contributed by atoms with Crippen molar-refractivity contribution in [3.63, 3.8) is 0 Å². The summed E-state index contributed by atoms with van der Waals surface area (Å²) in [7, 11) is 3.19. The number of aliphatic imine (C=N–C) groups is 2. The van der Waals surface area contributed by atoms with Gasteiger partial charge in [-0.1, -0.05) is 12.1 Å². The lowest BCUT2D eigenvalue weighted by atomic mass is 10.0. The number of dihydropyridines is 1. The molecule has 1 amide bonds. The molecule has 0 spiro atoms. The van der Waals surface area contributed by atoms with Crippen LogP contribution in [0.5, 0.6) is 11.5 Å². The van der Waals surface area contributed by atoms with Gasteiger partial charge in [-0.3, -0.25) is 9.69 Å². The fraction of sp³-hybridized carbons (Fsp3) is 0.294. The van der Waals surface area contributed by atoms with Crippen LogP contribution in [0.2, 0.25) is 0 Å². The van der Waals surface area contributed by atoms with Crippen molar-refractivity contribution in [3.05, 3.63) is 35.9 Å². The molecule has 0 aromatic heterocycles. The molecule has 1 aromatic rings. The van der Waals surface area contributed by atoms with E-state index in [-0.39, 0.29) is 11.0 Å². The van der Waals surface area contributed by atoms with Crippen LogP contribution in [0, 0.1) is 5.92 Å². The first-order valence-electron chi connectivity index (χ1n) is 7.49. The molecule has 0 radical (unpaired) electrons. The zero-order chi connectivity index (χ0) is 17.1. The summed E-state index contributed by atoms with van der Waals surface area (Å²) in [6.45, 7) is 0.456. The predicted octanol–water partition coefficient (Wildman–Crippen LogP) is 2.03. The van der Waals surface area contributed by atoms with E-state index in [1.807, 2.05) is 18.2 Å². The number of benzene rings is 1. The van der Waals surface area contributed by atoms with Crippen LogP contribution in [0.1, 0.15) is 5.56 Å². The van der Waals surface area contributed by atoms with Crippen LogP contribution in [0.25, 0.3) is 0 Å². The molecule has 0 saturated heterocycles. The number of hydrogen-bond donors (Lipinski definition) is 0. The first-order chi connectivity index (χ1) is 11.6. The largest absolute Gasteiger partial charge is 0.493 e. The van der Waals surface area contributed by atoms with Gasteiger partial charge in [0.05, 0.1) is 14.2 Å². The Morgan fingerprint density at radius 3 is 2.79 bits per heavy atom. The maximum Gasteiger partial charge on any atom is 0.243 e. The average Bonchev–Trinajstić information content (AvgIpc) is 2.61. The lowest BCUT2D eigenvalue weighted by molar-refractivity contribution is -0.128. The van der Waals surface area contributed by atoms with Crippen LogP contribution in [-0.4, -0.2) is 48.7 Å². The molecule has 0 saturated carbocycles. The maximum atomic E-state index is 12.6. The number of allylic oxidation sites excluding steroid dienone is 1. The fourth-order valence-electron chi connectivity index (χ4n) is 2.64. The smallest absolute Gasteiger partial charge is 0.243 e. The number of carbonyl (C=O) groups excluding carboxylic acids is 1. The van der Waals surface area contributed by atoms with Crippen molar-refractivity contribution in [1.29, 1.82) is 0 Å². The molecule has 24 heavy (non-hydrogen) atoms. The van der Waals surface area contributed by atoms with Crippen molar-refractivity contribution in [2.24, 2.45) is 15.9 Å². The number of nitrogens with zero attached hydrogens (tertiary/aromatic N) is 3. The Hall–Kier alpha value is -2.54. The molecule has 3 rings (SSSR count). The van der Waals surface area contributed by atoms with E-state index in [4.69, 9.17) is 21.7 Å². The van der Waals surface area contributed by atoms with Crippen molar-refractivity contribution in [2.45, 2.75) is 6.42 Å². The van der Waals surface area contributed by atoms with Gasteiger partial charge < -0.3 is 9.47 Å². The minimum Gasteiger partial charge on any atom is -0.493 e. The summed E-state index contributed by atoms with van der Waals surface area (Å²) in [5.74, 6) is 1.28. The number of hydrogen-bond acceptors (Lipinski definition) is 5. The Morgan fingerprint density at radius 2 is 2.04 bits per heavy atom. The molecule has 1 aromatic carbocycles. The third-order valence-corrected chi connectivity index (χ3v) is 4.23. The molecule has 0 N–H and O–H groups in total. The molecule has 2 aliphatic heterocycles. The van der Waals surface area contributed by atoms with Gasteiger partial charge in [-0.25, -0.2) is 9.98 Å². The number of ether oxygens (including phenoxy) is 2. The quantitative estimate of drug-likeness (QED) is 0.768. The first-order valence-corrected chi connectivity index (χ1v) is 7.90. The standard InChI is InChI=1S/C17H17N3O3S/c1-22-13-6-5-11(10-14(13)23-2)7-9-20-16(21)12-4-3-8-18-15(12)19-17(20)24/h3-6,8,10,12H,7,9H2,1-2H3. The highest BCUT2D eigenvalue weighted by molar-refractivity contribution is 7.80. The van der Waals surface area contributed by atoms with Gasteiger partial charge in [0.25, 0.3) is 0 Å². The van der Waals surface area contributed by atoms with E-state index in [2.05, 4.69) is 9.98 Å². The predicted molar refractivity (Wildman–Crippen MR) is 96.1 cm³/mol. The lowest BCUT2D eigenvalue weighted by Gasteiger charge is -2.29. The molecule has 7 heteroatoms.